The molecule has 0 unspecified atom stereocenters. The number of nitrogens with zero attached hydrogens (tertiary/aromatic N) is 1. The van der Waals surface area contributed by atoms with E-state index in [1.807, 2.05) is 37.3 Å². The second kappa shape index (κ2) is 9.08. The van der Waals surface area contributed by atoms with Crippen molar-refractivity contribution in [3.63, 3.8) is 0 Å². The lowest BCUT2D eigenvalue weighted by molar-refractivity contribution is -0.123. The summed E-state index contributed by atoms with van der Waals surface area (Å²) in [5, 5.41) is 4.91. The van der Waals surface area contributed by atoms with Gasteiger partial charge >= 0.3 is 0 Å². The van der Waals surface area contributed by atoms with Gasteiger partial charge < -0.3 is 4.74 Å². The van der Waals surface area contributed by atoms with Gasteiger partial charge in [-0.15, -0.1) is 0 Å². The fourth-order valence-corrected chi connectivity index (χ4v) is 2.27. The molecule has 4 nitrogen and oxygen atoms in total. The van der Waals surface area contributed by atoms with Gasteiger partial charge in [0.25, 0.3) is 5.91 Å². The molecule has 0 aliphatic carbocycles. The number of nitrogens with one attached hydrogen (secondary N) is 1. The lowest BCUT2D eigenvalue weighted by Crippen LogP contribution is -2.26. The average molecular weight is 345 g/mol. The maximum Gasteiger partial charge on any atom is 0.277 e. The molecule has 1 N–H and O–H groups in total. The molecule has 5 heteroatoms. The van der Waals surface area contributed by atoms with Crippen molar-refractivity contribution in [1.29, 1.82) is 0 Å². The van der Waals surface area contributed by atoms with E-state index in [9.17, 15) is 4.79 Å². The first kappa shape index (κ1) is 18.0. The molecule has 0 saturated heterocycles. The topological polar surface area (TPSA) is 50.7 Å². The van der Waals surface area contributed by atoms with E-state index < -0.39 is 0 Å². The highest BCUT2D eigenvalue weighted by atomic mass is 35.5. The number of carbonyl (C=O) groups excluding carboxylic acids is 1. The zero-order valence-corrected chi connectivity index (χ0v) is 14.6. The molecule has 0 fully saturated rings. The normalized spacial score (nSPS) is 11.2. The van der Waals surface area contributed by atoms with E-state index in [1.165, 1.54) is 0 Å². The molecular weight excluding hydrogens is 324 g/mol. The summed E-state index contributed by atoms with van der Waals surface area (Å²) in [7, 11) is 0. The van der Waals surface area contributed by atoms with Crippen LogP contribution in [0.5, 0.6) is 5.75 Å². The standard InChI is InChI=1S/C19H21ClN2O2/c1-3-7-18(15-8-5-4-6-9-15)21-22-19(23)13-24-16-10-11-17(20)14(2)12-16/h4-6,8-12H,3,7,13H2,1-2H3,(H,22,23). The second-order valence-electron chi connectivity index (χ2n) is 5.41. The summed E-state index contributed by atoms with van der Waals surface area (Å²) in [6.07, 6.45) is 1.74. The van der Waals surface area contributed by atoms with Gasteiger partial charge in [-0.05, 0) is 42.7 Å². The number of hydrazone groups is 1. The number of hydrogen-bond donors (Lipinski definition) is 1. The minimum absolute atomic E-state index is 0.0984. The van der Waals surface area contributed by atoms with Crippen LogP contribution in [0, 0.1) is 6.92 Å². The Morgan fingerprint density at radius 2 is 1.96 bits per heavy atom. The first-order chi connectivity index (χ1) is 11.6. The van der Waals surface area contributed by atoms with Crippen LogP contribution in [0.4, 0.5) is 0 Å². The maximum absolute atomic E-state index is 11.9. The van der Waals surface area contributed by atoms with E-state index in [-0.39, 0.29) is 12.5 Å². The fourth-order valence-electron chi connectivity index (χ4n) is 2.15. The number of hydrogen-bond acceptors (Lipinski definition) is 3. The number of amides is 1. The van der Waals surface area contributed by atoms with Crippen LogP contribution in [-0.4, -0.2) is 18.2 Å². The molecular formula is C19H21ClN2O2. The van der Waals surface area contributed by atoms with Crippen molar-refractivity contribution in [2.24, 2.45) is 5.10 Å². The molecule has 126 valence electrons. The quantitative estimate of drug-likeness (QED) is 0.599. The predicted octanol–water partition coefficient (Wildman–Crippen LogP) is 4.35. The highest BCUT2D eigenvalue weighted by molar-refractivity contribution is 6.31. The molecule has 1 amide bonds. The number of benzene rings is 2. The van der Waals surface area contributed by atoms with Crippen molar-refractivity contribution in [2.75, 3.05) is 6.61 Å². The van der Waals surface area contributed by atoms with Gasteiger partial charge in [-0.1, -0.05) is 55.3 Å². The van der Waals surface area contributed by atoms with Crippen molar-refractivity contribution >= 4 is 23.2 Å². The van der Waals surface area contributed by atoms with Crippen molar-refractivity contribution in [1.82, 2.24) is 5.43 Å². The van der Waals surface area contributed by atoms with Gasteiger partial charge in [-0.25, -0.2) is 5.43 Å². The zero-order chi connectivity index (χ0) is 17.4. The third kappa shape index (κ3) is 5.39. The summed E-state index contributed by atoms with van der Waals surface area (Å²) in [6.45, 7) is 3.86. The summed E-state index contributed by atoms with van der Waals surface area (Å²) >= 11 is 5.96. The van der Waals surface area contributed by atoms with Crippen molar-refractivity contribution in [2.45, 2.75) is 26.7 Å². The van der Waals surface area contributed by atoms with Gasteiger partial charge in [-0.2, -0.15) is 5.10 Å². The minimum Gasteiger partial charge on any atom is -0.484 e. The Bertz CT molecular complexity index is 715. The van der Waals surface area contributed by atoms with Crippen LogP contribution in [-0.2, 0) is 4.79 Å². The SMILES string of the molecule is CCCC(=NNC(=O)COc1ccc(Cl)c(C)c1)c1ccccc1. The molecule has 0 bridgehead atoms. The maximum atomic E-state index is 11.9. The highest BCUT2D eigenvalue weighted by Gasteiger charge is 2.06. The molecule has 0 radical (unpaired) electrons. The Kier molecular flexibility index (Phi) is 6.82. The van der Waals surface area contributed by atoms with Crippen LogP contribution >= 0.6 is 11.6 Å². The van der Waals surface area contributed by atoms with E-state index in [0.29, 0.717) is 10.8 Å². The Morgan fingerprint density at radius 1 is 1.21 bits per heavy atom. The van der Waals surface area contributed by atoms with Crippen LogP contribution in [0.1, 0.15) is 30.9 Å². The van der Waals surface area contributed by atoms with Crippen LogP contribution in [0.3, 0.4) is 0 Å². The number of halogens is 1. The van der Waals surface area contributed by atoms with Gasteiger partial charge in [0.1, 0.15) is 5.75 Å². The summed E-state index contributed by atoms with van der Waals surface area (Å²) in [5.41, 5.74) is 5.33. The van der Waals surface area contributed by atoms with Crippen LogP contribution in [0.2, 0.25) is 5.02 Å². The number of rotatable bonds is 7. The number of ether oxygens (including phenoxy) is 1. The molecule has 0 aromatic heterocycles. The summed E-state index contributed by atoms with van der Waals surface area (Å²) < 4.78 is 5.46. The predicted molar refractivity (Wildman–Crippen MR) is 97.7 cm³/mol. The highest BCUT2D eigenvalue weighted by Crippen LogP contribution is 2.20. The summed E-state index contributed by atoms with van der Waals surface area (Å²) in [6, 6.07) is 15.1. The van der Waals surface area contributed by atoms with E-state index in [2.05, 4.69) is 17.5 Å². The average Bonchev–Trinajstić information content (AvgIpc) is 2.60. The molecule has 0 atom stereocenters. The molecule has 0 aliphatic rings. The van der Waals surface area contributed by atoms with E-state index in [4.69, 9.17) is 16.3 Å². The minimum atomic E-state index is -0.299. The number of carbonyl (C=O) groups is 1. The van der Waals surface area contributed by atoms with E-state index in [1.54, 1.807) is 18.2 Å². The number of aryl methyl sites for hydroxylation is 1. The molecule has 2 aromatic carbocycles. The Hall–Kier alpha value is -2.33. The Labute approximate surface area is 147 Å². The molecule has 0 aliphatic heterocycles. The van der Waals surface area contributed by atoms with Gasteiger partial charge in [-0.3, -0.25) is 4.79 Å². The third-order valence-electron chi connectivity index (χ3n) is 3.41. The zero-order valence-electron chi connectivity index (χ0n) is 13.9. The Morgan fingerprint density at radius 3 is 2.62 bits per heavy atom. The van der Waals surface area contributed by atoms with Crippen molar-refractivity contribution in [3.05, 3.63) is 64.7 Å². The third-order valence-corrected chi connectivity index (χ3v) is 3.83. The lowest BCUT2D eigenvalue weighted by Gasteiger charge is -2.08. The van der Waals surface area contributed by atoms with Crippen molar-refractivity contribution < 1.29 is 9.53 Å². The van der Waals surface area contributed by atoms with Crippen LogP contribution in [0.15, 0.2) is 53.6 Å². The summed E-state index contributed by atoms with van der Waals surface area (Å²) in [5.74, 6) is 0.306. The lowest BCUT2D eigenvalue weighted by atomic mass is 10.1. The van der Waals surface area contributed by atoms with Crippen LogP contribution < -0.4 is 10.2 Å². The molecule has 2 rings (SSSR count). The van der Waals surface area contributed by atoms with Gasteiger partial charge in [0.05, 0.1) is 5.71 Å². The fraction of sp³-hybridized carbons (Fsp3) is 0.263. The molecule has 2 aromatic rings. The smallest absolute Gasteiger partial charge is 0.277 e. The Balaban J connectivity index is 1.93. The monoisotopic (exact) mass is 344 g/mol. The largest absolute Gasteiger partial charge is 0.484 e. The van der Waals surface area contributed by atoms with Crippen molar-refractivity contribution in [3.8, 4) is 5.75 Å². The first-order valence-corrected chi connectivity index (χ1v) is 8.27. The van der Waals surface area contributed by atoms with Gasteiger partial charge in [0.15, 0.2) is 6.61 Å². The molecule has 24 heavy (non-hydrogen) atoms. The molecule has 0 saturated carbocycles. The van der Waals surface area contributed by atoms with E-state index in [0.717, 1.165) is 29.7 Å². The first-order valence-electron chi connectivity index (χ1n) is 7.90. The van der Waals surface area contributed by atoms with Gasteiger partial charge in [0, 0.05) is 5.02 Å². The second-order valence-corrected chi connectivity index (χ2v) is 5.82. The molecule has 0 spiro atoms. The van der Waals surface area contributed by atoms with E-state index >= 15 is 0 Å². The summed E-state index contributed by atoms with van der Waals surface area (Å²) in [4.78, 5) is 11.9. The van der Waals surface area contributed by atoms with Gasteiger partial charge in [0.2, 0.25) is 0 Å². The van der Waals surface area contributed by atoms with Crippen LogP contribution in [0.25, 0.3) is 0 Å². The molecule has 0 heterocycles.